The summed E-state index contributed by atoms with van der Waals surface area (Å²) in [5.41, 5.74) is 2.79. The van der Waals surface area contributed by atoms with Crippen LogP contribution in [0.15, 0.2) is 71.9 Å². The fourth-order valence-corrected chi connectivity index (χ4v) is 5.78. The number of aromatic nitrogens is 2. The first kappa shape index (κ1) is 28.3. The van der Waals surface area contributed by atoms with Crippen molar-refractivity contribution in [2.75, 3.05) is 11.9 Å². The summed E-state index contributed by atoms with van der Waals surface area (Å²) in [5, 5.41) is 11.6. The average Bonchev–Trinajstić information content (AvgIpc) is 2.82. The molecular weight excluding hydrogens is 488 g/mol. The number of pyridine rings is 2. The zero-order valence-corrected chi connectivity index (χ0v) is 22.8. The van der Waals surface area contributed by atoms with E-state index in [1.165, 1.54) is 17.8 Å². The summed E-state index contributed by atoms with van der Waals surface area (Å²) in [5.74, 6) is -0.671. The fourth-order valence-electron chi connectivity index (χ4n) is 4.63. The van der Waals surface area contributed by atoms with Crippen molar-refractivity contribution in [3.8, 4) is 0 Å². The van der Waals surface area contributed by atoms with E-state index in [0.29, 0.717) is 17.9 Å². The maximum absolute atomic E-state index is 13.1. The third kappa shape index (κ3) is 8.36. The second-order valence-electron chi connectivity index (χ2n) is 11.1. The molecule has 1 unspecified atom stereocenters. The lowest BCUT2D eigenvalue weighted by Gasteiger charge is -2.33. The van der Waals surface area contributed by atoms with Gasteiger partial charge in [-0.25, -0.2) is 23.1 Å². The van der Waals surface area contributed by atoms with Crippen LogP contribution in [0, 0.1) is 5.41 Å². The first-order valence-corrected chi connectivity index (χ1v) is 13.7. The normalized spacial score (nSPS) is 13.2. The van der Waals surface area contributed by atoms with Gasteiger partial charge in [0.25, 0.3) is 10.0 Å². The van der Waals surface area contributed by atoms with E-state index in [2.05, 4.69) is 66.8 Å². The molecule has 0 bridgehead atoms. The Labute approximate surface area is 219 Å². The van der Waals surface area contributed by atoms with Gasteiger partial charge in [0, 0.05) is 6.20 Å². The van der Waals surface area contributed by atoms with Crippen molar-refractivity contribution in [1.29, 1.82) is 0 Å². The molecule has 0 fully saturated rings. The fraction of sp³-hybridized carbons (Fsp3) is 0.393. The molecule has 9 heteroatoms. The molecule has 0 saturated heterocycles. The number of carbonyl (C=O) groups is 1. The molecule has 2 aromatic heterocycles. The number of nitrogens with one attached hydrogen (secondary N) is 2. The Morgan fingerprint density at radius 1 is 0.973 bits per heavy atom. The Morgan fingerprint density at radius 3 is 2.27 bits per heavy atom. The third-order valence-electron chi connectivity index (χ3n) is 5.91. The predicted molar refractivity (Wildman–Crippen MR) is 145 cm³/mol. The number of sulfonamides is 1. The molecule has 0 aliphatic heterocycles. The molecule has 37 heavy (non-hydrogen) atoms. The molecule has 0 saturated carbocycles. The highest BCUT2D eigenvalue weighted by Gasteiger charge is 2.28. The standard InChI is InChI=1S/C28H36N4O4S/c1-27(2,3)19-28(4,5)21-14-12-20(13-15-21)17-23(32-37(35,36)25-11-6-7-16-29-25)22-9-8-10-24(31-22)30-18-26(33)34/h6-16,23,32H,17-19H2,1-5H3,(H,30,31)(H,33,34). The molecule has 2 heterocycles. The molecule has 0 aliphatic carbocycles. The number of carboxylic acid groups (broad SMARTS) is 1. The zero-order chi connectivity index (χ0) is 27.3. The van der Waals surface area contributed by atoms with Gasteiger partial charge in [-0.15, -0.1) is 0 Å². The highest BCUT2D eigenvalue weighted by molar-refractivity contribution is 7.89. The van der Waals surface area contributed by atoms with Gasteiger partial charge in [-0.2, -0.15) is 0 Å². The molecule has 1 aromatic carbocycles. The van der Waals surface area contributed by atoms with Gasteiger partial charge in [0.1, 0.15) is 12.4 Å². The van der Waals surface area contributed by atoms with Crippen LogP contribution in [0.1, 0.15) is 63.9 Å². The van der Waals surface area contributed by atoms with Gasteiger partial charge in [0.2, 0.25) is 0 Å². The van der Waals surface area contributed by atoms with Crippen molar-refractivity contribution in [2.45, 2.75) is 63.9 Å². The van der Waals surface area contributed by atoms with Gasteiger partial charge in [-0.1, -0.05) is 71.0 Å². The molecule has 0 aliphatic rings. The molecular formula is C28H36N4O4S. The number of carboxylic acids is 1. The van der Waals surface area contributed by atoms with Crippen LogP contribution in [0.4, 0.5) is 5.82 Å². The molecule has 8 nitrogen and oxygen atoms in total. The highest BCUT2D eigenvalue weighted by Crippen LogP contribution is 2.36. The van der Waals surface area contributed by atoms with Crippen molar-refractivity contribution < 1.29 is 18.3 Å². The van der Waals surface area contributed by atoms with Crippen molar-refractivity contribution >= 4 is 21.8 Å². The van der Waals surface area contributed by atoms with E-state index in [0.717, 1.165) is 12.0 Å². The van der Waals surface area contributed by atoms with Crippen molar-refractivity contribution in [1.82, 2.24) is 14.7 Å². The number of hydrogen-bond donors (Lipinski definition) is 3. The number of benzene rings is 1. The van der Waals surface area contributed by atoms with Gasteiger partial charge in [0.05, 0.1) is 11.7 Å². The lowest BCUT2D eigenvalue weighted by atomic mass is 9.72. The minimum atomic E-state index is -3.93. The largest absolute Gasteiger partial charge is 0.480 e. The van der Waals surface area contributed by atoms with Gasteiger partial charge in [0.15, 0.2) is 5.03 Å². The summed E-state index contributed by atoms with van der Waals surface area (Å²) in [6.07, 6.45) is 2.80. The van der Waals surface area contributed by atoms with E-state index < -0.39 is 22.0 Å². The lowest BCUT2D eigenvalue weighted by molar-refractivity contribution is -0.134. The van der Waals surface area contributed by atoms with E-state index in [4.69, 9.17) is 5.11 Å². The summed E-state index contributed by atoms with van der Waals surface area (Å²) in [6.45, 7) is 10.9. The maximum Gasteiger partial charge on any atom is 0.322 e. The molecule has 1 atom stereocenters. The third-order valence-corrected chi connectivity index (χ3v) is 7.29. The number of nitrogens with zero attached hydrogens (tertiary/aromatic N) is 2. The van der Waals surface area contributed by atoms with E-state index in [-0.39, 0.29) is 22.4 Å². The quantitative estimate of drug-likeness (QED) is 0.324. The second kappa shape index (κ2) is 11.4. The molecule has 3 rings (SSSR count). The van der Waals surface area contributed by atoms with Crippen LogP contribution in [0.25, 0.3) is 0 Å². The van der Waals surface area contributed by atoms with Crippen LogP contribution >= 0.6 is 0 Å². The van der Waals surface area contributed by atoms with Crippen molar-refractivity contribution in [2.24, 2.45) is 5.41 Å². The van der Waals surface area contributed by atoms with Crippen molar-refractivity contribution in [3.05, 3.63) is 83.7 Å². The Balaban J connectivity index is 1.91. The number of hydrogen-bond acceptors (Lipinski definition) is 6. The molecule has 3 aromatic rings. The highest BCUT2D eigenvalue weighted by atomic mass is 32.2. The minimum Gasteiger partial charge on any atom is -0.480 e. The van der Waals surface area contributed by atoms with Crippen LogP contribution in [-0.4, -0.2) is 36.0 Å². The Kier molecular flexibility index (Phi) is 8.71. The average molecular weight is 525 g/mol. The lowest BCUT2D eigenvalue weighted by Crippen LogP contribution is -2.31. The summed E-state index contributed by atoms with van der Waals surface area (Å²) < 4.78 is 29.0. The van der Waals surface area contributed by atoms with Crippen molar-refractivity contribution in [3.63, 3.8) is 0 Å². The number of aliphatic carboxylic acids is 1. The molecule has 0 amide bonds. The molecule has 3 N–H and O–H groups in total. The molecule has 0 radical (unpaired) electrons. The van der Waals surface area contributed by atoms with Crippen LogP contribution in [-0.2, 0) is 26.7 Å². The maximum atomic E-state index is 13.1. The first-order valence-electron chi connectivity index (χ1n) is 12.2. The van der Waals surface area contributed by atoms with Gasteiger partial charge in [-0.05, 0) is 59.1 Å². The van der Waals surface area contributed by atoms with Gasteiger partial charge in [-0.3, -0.25) is 4.79 Å². The second-order valence-corrected chi connectivity index (χ2v) is 12.7. The Bertz CT molecular complexity index is 1300. The van der Waals surface area contributed by atoms with E-state index in [9.17, 15) is 13.2 Å². The van der Waals surface area contributed by atoms with Gasteiger partial charge < -0.3 is 10.4 Å². The predicted octanol–water partition coefficient (Wildman–Crippen LogP) is 4.95. The van der Waals surface area contributed by atoms with Crippen LogP contribution in [0.2, 0.25) is 0 Å². The number of rotatable bonds is 11. The minimum absolute atomic E-state index is 0.0115. The van der Waals surface area contributed by atoms with E-state index in [1.54, 1.807) is 30.3 Å². The van der Waals surface area contributed by atoms with Crippen LogP contribution in [0.3, 0.4) is 0 Å². The summed E-state index contributed by atoms with van der Waals surface area (Å²) in [7, 11) is -3.93. The van der Waals surface area contributed by atoms with Crippen LogP contribution < -0.4 is 10.0 Å². The summed E-state index contributed by atoms with van der Waals surface area (Å²) >= 11 is 0. The molecule has 0 spiro atoms. The van der Waals surface area contributed by atoms with Gasteiger partial charge >= 0.3 is 5.97 Å². The van der Waals surface area contributed by atoms with E-state index in [1.807, 2.05) is 12.1 Å². The molecule has 198 valence electrons. The topological polar surface area (TPSA) is 121 Å². The Morgan fingerprint density at radius 2 is 1.68 bits per heavy atom. The van der Waals surface area contributed by atoms with E-state index >= 15 is 0 Å². The smallest absolute Gasteiger partial charge is 0.322 e. The SMILES string of the molecule is CC(C)(C)CC(C)(C)c1ccc(CC(NS(=O)(=O)c2ccccn2)c2cccc(NCC(=O)O)n2)cc1. The summed E-state index contributed by atoms with van der Waals surface area (Å²) in [6, 6.07) is 17.3. The Hall–Kier alpha value is -3.30. The zero-order valence-electron chi connectivity index (χ0n) is 22.0. The monoisotopic (exact) mass is 524 g/mol. The van der Waals surface area contributed by atoms with Crippen LogP contribution in [0.5, 0.6) is 0 Å². The summed E-state index contributed by atoms with van der Waals surface area (Å²) in [4.78, 5) is 19.4. The number of anilines is 1. The first-order chi connectivity index (χ1) is 17.2.